The first kappa shape index (κ1) is 33.6. The highest BCUT2D eigenvalue weighted by atomic mass is 16.5. The number of piperidine rings is 1. The molecule has 47 heavy (non-hydrogen) atoms. The Bertz CT molecular complexity index is 1600. The van der Waals surface area contributed by atoms with Gasteiger partial charge in [-0.1, -0.05) is 93.6 Å². The molecule has 1 aliphatic rings. The van der Waals surface area contributed by atoms with Crippen LogP contribution in [0.25, 0.3) is 0 Å². The first-order valence-corrected chi connectivity index (χ1v) is 16.6. The van der Waals surface area contributed by atoms with E-state index in [0.717, 1.165) is 37.9 Å². The molecule has 1 amide bonds. The van der Waals surface area contributed by atoms with Crippen LogP contribution < -0.4 is 9.64 Å². The molecule has 0 spiro atoms. The van der Waals surface area contributed by atoms with Crippen molar-refractivity contribution < 1.29 is 19.4 Å². The Hall–Kier alpha value is -4.72. The quantitative estimate of drug-likeness (QED) is 0.177. The number of aryl methyl sites for hydroxylation is 2. The molecule has 1 fully saturated rings. The maximum atomic E-state index is 13.9. The number of para-hydroxylation sites is 1. The van der Waals surface area contributed by atoms with Gasteiger partial charge in [-0.3, -0.25) is 9.59 Å². The van der Waals surface area contributed by atoms with E-state index in [9.17, 15) is 14.7 Å². The molecule has 3 aromatic carbocycles. The molecule has 0 saturated carbocycles. The second-order valence-corrected chi connectivity index (χ2v) is 13.4. The summed E-state index contributed by atoms with van der Waals surface area (Å²) in [7, 11) is 0. The summed E-state index contributed by atoms with van der Waals surface area (Å²) in [6.07, 6.45) is 5.96. The Morgan fingerprint density at radius 2 is 1.55 bits per heavy atom. The third-order valence-corrected chi connectivity index (χ3v) is 8.81. The van der Waals surface area contributed by atoms with Gasteiger partial charge in [0.15, 0.2) is 0 Å². The number of anilines is 1. The number of nitrogens with zero attached hydrogens (tertiary/aromatic N) is 4. The van der Waals surface area contributed by atoms with Crippen molar-refractivity contribution in [2.45, 2.75) is 58.3 Å². The monoisotopic (exact) mass is 634 g/mol. The lowest BCUT2D eigenvalue weighted by Gasteiger charge is -2.32. The average molecular weight is 635 g/mol. The molecule has 0 aliphatic carbocycles. The molecule has 1 N–H and O–H groups in total. The van der Waals surface area contributed by atoms with Gasteiger partial charge in [-0.2, -0.15) is 0 Å². The number of rotatable bonds is 13. The van der Waals surface area contributed by atoms with Gasteiger partial charge >= 0.3 is 5.97 Å². The third-order valence-electron chi connectivity index (χ3n) is 8.81. The van der Waals surface area contributed by atoms with E-state index in [0.29, 0.717) is 41.7 Å². The van der Waals surface area contributed by atoms with Gasteiger partial charge < -0.3 is 19.6 Å². The molecule has 0 atom stereocenters. The minimum Gasteiger partial charge on any atom is -0.492 e. The van der Waals surface area contributed by atoms with Gasteiger partial charge in [0.25, 0.3) is 5.91 Å². The van der Waals surface area contributed by atoms with Crippen LogP contribution in [0.1, 0.15) is 66.4 Å². The first-order valence-electron chi connectivity index (χ1n) is 16.6. The summed E-state index contributed by atoms with van der Waals surface area (Å²) in [5, 5.41) is 9.65. The molecule has 1 aromatic heterocycles. The molecule has 0 unspecified atom stereocenters. The van der Waals surface area contributed by atoms with E-state index in [1.807, 2.05) is 30.3 Å². The molecule has 0 radical (unpaired) electrons. The number of hydrogen-bond donors (Lipinski definition) is 1. The van der Waals surface area contributed by atoms with Crippen molar-refractivity contribution >= 4 is 17.8 Å². The lowest BCUT2D eigenvalue weighted by atomic mass is 9.86. The molecule has 0 bridgehead atoms. The number of carbonyl (C=O) groups is 2. The second-order valence-electron chi connectivity index (χ2n) is 13.4. The average Bonchev–Trinajstić information content (AvgIpc) is 3.07. The van der Waals surface area contributed by atoms with E-state index in [1.54, 1.807) is 6.20 Å². The smallest absolute Gasteiger partial charge is 0.323 e. The summed E-state index contributed by atoms with van der Waals surface area (Å²) in [6.45, 7) is 8.11. The van der Waals surface area contributed by atoms with E-state index in [2.05, 4.69) is 85.3 Å². The first-order chi connectivity index (χ1) is 22.7. The Morgan fingerprint density at radius 3 is 2.19 bits per heavy atom. The van der Waals surface area contributed by atoms with Crippen LogP contribution in [0.4, 0.5) is 5.95 Å². The number of ether oxygens (including phenoxy) is 1. The van der Waals surface area contributed by atoms with Gasteiger partial charge in [-0.05, 0) is 72.3 Å². The Balaban J connectivity index is 1.33. The van der Waals surface area contributed by atoms with E-state index >= 15 is 0 Å². The molecule has 1 aliphatic heterocycles. The molecule has 8 heteroatoms. The van der Waals surface area contributed by atoms with Crippen LogP contribution in [0.5, 0.6) is 5.75 Å². The van der Waals surface area contributed by atoms with Gasteiger partial charge in [-0.25, -0.2) is 9.97 Å². The molecule has 1 saturated heterocycles. The molecular weight excluding hydrogens is 588 g/mol. The van der Waals surface area contributed by atoms with Crippen molar-refractivity contribution in [2.75, 3.05) is 37.7 Å². The Morgan fingerprint density at radius 1 is 0.894 bits per heavy atom. The standard InChI is InChI=1S/C39H46N4O4/c1-39(2,3)32-17-14-29(15-18-32)16-19-35-34(37(46)43(28-36(44)45)24-25-47-33-12-8-5-9-13-33)27-40-38(41-35)42-22-20-31(21-23-42)26-30-10-6-4-7-11-30/h4-15,17-18,27,31H,16,19-26,28H2,1-3H3,(H,44,45). The summed E-state index contributed by atoms with van der Waals surface area (Å²) in [5.74, 6) is 0.390. The maximum absolute atomic E-state index is 13.9. The fourth-order valence-corrected chi connectivity index (χ4v) is 6.02. The largest absolute Gasteiger partial charge is 0.492 e. The van der Waals surface area contributed by atoms with E-state index < -0.39 is 18.4 Å². The number of benzene rings is 3. The number of aliphatic carboxylic acids is 1. The van der Waals surface area contributed by atoms with E-state index in [4.69, 9.17) is 9.72 Å². The minimum atomic E-state index is -1.09. The van der Waals surface area contributed by atoms with Crippen molar-refractivity contribution in [3.63, 3.8) is 0 Å². The number of aromatic nitrogens is 2. The Labute approximate surface area is 278 Å². The van der Waals surface area contributed by atoms with Crippen LogP contribution >= 0.6 is 0 Å². The van der Waals surface area contributed by atoms with E-state index in [1.165, 1.54) is 16.0 Å². The predicted molar refractivity (Wildman–Crippen MR) is 185 cm³/mol. The SMILES string of the molecule is CC(C)(C)c1ccc(CCc2nc(N3CCC(Cc4ccccc4)CC3)ncc2C(=O)N(CCOc2ccccc2)CC(=O)O)cc1. The number of carbonyl (C=O) groups excluding carboxylic acids is 1. The van der Waals surface area contributed by atoms with Crippen LogP contribution in [-0.4, -0.2) is 64.6 Å². The van der Waals surface area contributed by atoms with Gasteiger partial charge in [0, 0.05) is 19.3 Å². The topological polar surface area (TPSA) is 95.9 Å². The lowest BCUT2D eigenvalue weighted by molar-refractivity contribution is -0.137. The molecular formula is C39H46N4O4. The maximum Gasteiger partial charge on any atom is 0.323 e. The van der Waals surface area contributed by atoms with Crippen LogP contribution in [-0.2, 0) is 29.5 Å². The van der Waals surface area contributed by atoms with Gasteiger partial charge in [-0.15, -0.1) is 0 Å². The number of hydrogen-bond acceptors (Lipinski definition) is 6. The van der Waals surface area contributed by atoms with Crippen molar-refractivity contribution in [3.8, 4) is 5.75 Å². The molecule has 4 aromatic rings. The lowest BCUT2D eigenvalue weighted by Crippen LogP contribution is -2.39. The van der Waals surface area contributed by atoms with Crippen LogP contribution in [0, 0.1) is 5.92 Å². The summed E-state index contributed by atoms with van der Waals surface area (Å²) in [4.78, 5) is 38.9. The van der Waals surface area contributed by atoms with Crippen LogP contribution in [0.15, 0.2) is 91.1 Å². The number of carboxylic acid groups (broad SMARTS) is 1. The predicted octanol–water partition coefficient (Wildman–Crippen LogP) is 6.62. The normalized spacial score (nSPS) is 13.7. The van der Waals surface area contributed by atoms with E-state index in [-0.39, 0.29) is 18.6 Å². The van der Waals surface area contributed by atoms with Crippen molar-refractivity contribution in [1.29, 1.82) is 0 Å². The van der Waals surface area contributed by atoms with Crippen molar-refractivity contribution in [2.24, 2.45) is 5.92 Å². The van der Waals surface area contributed by atoms with Crippen LogP contribution in [0.2, 0.25) is 0 Å². The number of carboxylic acids is 1. The fraction of sp³-hybridized carbons (Fsp3) is 0.385. The summed E-state index contributed by atoms with van der Waals surface area (Å²) < 4.78 is 5.79. The second kappa shape index (κ2) is 15.7. The van der Waals surface area contributed by atoms with Crippen LogP contribution in [0.3, 0.4) is 0 Å². The molecule has 8 nitrogen and oxygen atoms in total. The highest BCUT2D eigenvalue weighted by molar-refractivity contribution is 5.96. The van der Waals surface area contributed by atoms with Gasteiger partial charge in [0.1, 0.15) is 18.9 Å². The highest BCUT2D eigenvalue weighted by Gasteiger charge is 2.26. The van der Waals surface area contributed by atoms with Gasteiger partial charge in [0.05, 0.1) is 17.8 Å². The third kappa shape index (κ3) is 9.64. The summed E-state index contributed by atoms with van der Waals surface area (Å²) in [6, 6.07) is 28.5. The minimum absolute atomic E-state index is 0.0616. The highest BCUT2D eigenvalue weighted by Crippen LogP contribution is 2.26. The number of amides is 1. The fourth-order valence-electron chi connectivity index (χ4n) is 6.02. The van der Waals surface area contributed by atoms with Gasteiger partial charge in [0.2, 0.25) is 5.95 Å². The van der Waals surface area contributed by atoms with Crippen molar-refractivity contribution in [3.05, 3.63) is 119 Å². The summed E-state index contributed by atoms with van der Waals surface area (Å²) in [5.41, 5.74) is 4.80. The van der Waals surface area contributed by atoms with Crippen molar-refractivity contribution in [1.82, 2.24) is 14.9 Å². The Kier molecular flexibility index (Phi) is 11.2. The zero-order valence-electron chi connectivity index (χ0n) is 27.8. The molecule has 2 heterocycles. The zero-order valence-corrected chi connectivity index (χ0v) is 27.8. The summed E-state index contributed by atoms with van der Waals surface area (Å²) >= 11 is 0. The molecule has 5 rings (SSSR count). The molecule has 246 valence electrons. The zero-order chi connectivity index (χ0) is 33.2.